The van der Waals surface area contributed by atoms with Gasteiger partial charge in [0, 0.05) is 29.9 Å². The number of aromatic nitrogens is 1. The molecule has 12 heteroatoms. The number of primary amides is 1. The number of nitrogens with one attached hydrogen (secondary N) is 4. The van der Waals surface area contributed by atoms with Crippen molar-refractivity contribution in [2.45, 2.75) is 31.3 Å². The number of amides is 4. The fraction of sp³-hybridized carbons (Fsp3) is 0.350. The monoisotopic (exact) mass is 446 g/mol. The molecule has 12 nitrogen and oxygen atoms in total. The van der Waals surface area contributed by atoms with E-state index in [-0.39, 0.29) is 25.8 Å². The Bertz CT molecular complexity index is 1000. The maximum Gasteiger partial charge on any atom is 0.322 e. The molecule has 0 aliphatic carbocycles. The van der Waals surface area contributed by atoms with Crippen LogP contribution in [-0.2, 0) is 30.4 Å². The lowest BCUT2D eigenvalue weighted by Gasteiger charge is -2.22. The van der Waals surface area contributed by atoms with Crippen LogP contribution >= 0.6 is 0 Å². The lowest BCUT2D eigenvalue weighted by molar-refractivity contribution is -0.138. The third-order valence-electron chi connectivity index (χ3n) is 4.66. The number of carbonyl (C=O) groups excluding carboxylic acids is 4. The van der Waals surface area contributed by atoms with Gasteiger partial charge < -0.3 is 37.5 Å². The molecule has 1 aromatic carbocycles. The number of rotatable bonds is 12. The van der Waals surface area contributed by atoms with Gasteiger partial charge in [-0.1, -0.05) is 18.2 Å². The zero-order chi connectivity index (χ0) is 23.7. The Hall–Kier alpha value is -3.93. The summed E-state index contributed by atoms with van der Waals surface area (Å²) in [6, 6.07) is 5.10. The molecule has 0 spiro atoms. The minimum Gasteiger partial charge on any atom is -0.480 e. The van der Waals surface area contributed by atoms with Gasteiger partial charge in [-0.2, -0.15) is 0 Å². The van der Waals surface area contributed by atoms with Crippen molar-refractivity contribution in [3.8, 4) is 0 Å². The first-order valence-corrected chi connectivity index (χ1v) is 9.83. The van der Waals surface area contributed by atoms with Crippen molar-refractivity contribution in [1.29, 1.82) is 0 Å². The first-order valence-electron chi connectivity index (χ1n) is 9.83. The van der Waals surface area contributed by atoms with Gasteiger partial charge >= 0.3 is 5.97 Å². The summed E-state index contributed by atoms with van der Waals surface area (Å²) >= 11 is 0. The normalized spacial score (nSPS) is 12.5. The molecule has 2 aromatic rings. The first kappa shape index (κ1) is 24.3. The van der Waals surface area contributed by atoms with Crippen LogP contribution in [0.15, 0.2) is 30.5 Å². The van der Waals surface area contributed by atoms with Crippen LogP contribution in [0.5, 0.6) is 0 Å². The SMILES string of the molecule is NCC(=O)NC(Cc1c[nH]c2ccccc12)C(=O)NC(CCC(N)=O)C(=O)NCC(=O)O. The van der Waals surface area contributed by atoms with Crippen LogP contribution in [-0.4, -0.2) is 64.9 Å². The maximum atomic E-state index is 13.0. The number of fused-ring (bicyclic) bond motifs is 1. The molecule has 0 aliphatic heterocycles. The highest BCUT2D eigenvalue weighted by atomic mass is 16.4. The van der Waals surface area contributed by atoms with Crippen molar-refractivity contribution >= 4 is 40.5 Å². The number of hydrogen-bond donors (Lipinski definition) is 7. The second-order valence-electron chi connectivity index (χ2n) is 7.07. The number of carboxylic acid groups (broad SMARTS) is 1. The van der Waals surface area contributed by atoms with E-state index >= 15 is 0 Å². The van der Waals surface area contributed by atoms with Crippen molar-refractivity contribution in [3.05, 3.63) is 36.0 Å². The van der Waals surface area contributed by atoms with Crippen molar-refractivity contribution in [1.82, 2.24) is 20.9 Å². The van der Waals surface area contributed by atoms with E-state index < -0.39 is 48.2 Å². The summed E-state index contributed by atoms with van der Waals surface area (Å²) in [6.07, 6.45) is 1.45. The molecule has 0 saturated heterocycles. The van der Waals surface area contributed by atoms with Gasteiger partial charge in [-0.15, -0.1) is 0 Å². The van der Waals surface area contributed by atoms with E-state index in [1.807, 2.05) is 24.3 Å². The number of aliphatic carboxylic acids is 1. The molecule has 0 fully saturated rings. The van der Waals surface area contributed by atoms with Crippen LogP contribution in [0, 0.1) is 0 Å². The third-order valence-corrected chi connectivity index (χ3v) is 4.66. The first-order chi connectivity index (χ1) is 15.2. The molecule has 0 bridgehead atoms. The smallest absolute Gasteiger partial charge is 0.322 e. The van der Waals surface area contributed by atoms with Gasteiger partial charge in [-0.25, -0.2) is 0 Å². The molecule has 172 valence electrons. The average Bonchev–Trinajstić information content (AvgIpc) is 3.16. The van der Waals surface area contributed by atoms with Crippen LogP contribution in [0.2, 0.25) is 0 Å². The lowest BCUT2D eigenvalue weighted by atomic mass is 10.0. The van der Waals surface area contributed by atoms with Crippen LogP contribution in [0.4, 0.5) is 0 Å². The number of para-hydroxylation sites is 1. The Morgan fingerprint density at radius 2 is 1.75 bits per heavy atom. The van der Waals surface area contributed by atoms with Gasteiger partial charge in [0.1, 0.15) is 18.6 Å². The molecular weight excluding hydrogens is 420 g/mol. The van der Waals surface area contributed by atoms with Gasteiger partial charge in [0.25, 0.3) is 0 Å². The molecule has 2 rings (SSSR count). The Balaban J connectivity index is 2.20. The zero-order valence-electron chi connectivity index (χ0n) is 17.2. The summed E-state index contributed by atoms with van der Waals surface area (Å²) < 4.78 is 0. The van der Waals surface area contributed by atoms with Crippen molar-refractivity contribution in [2.24, 2.45) is 11.5 Å². The fourth-order valence-corrected chi connectivity index (χ4v) is 3.10. The summed E-state index contributed by atoms with van der Waals surface area (Å²) in [6.45, 7) is -1.01. The van der Waals surface area contributed by atoms with E-state index in [1.165, 1.54) is 0 Å². The zero-order valence-corrected chi connectivity index (χ0v) is 17.2. The largest absolute Gasteiger partial charge is 0.480 e. The van der Waals surface area contributed by atoms with E-state index in [2.05, 4.69) is 20.9 Å². The summed E-state index contributed by atoms with van der Waals surface area (Å²) in [4.78, 5) is 62.1. The molecule has 0 aliphatic rings. The summed E-state index contributed by atoms with van der Waals surface area (Å²) in [5.41, 5.74) is 12.1. The Morgan fingerprint density at radius 1 is 1.03 bits per heavy atom. The van der Waals surface area contributed by atoms with Crippen molar-refractivity contribution < 1.29 is 29.1 Å². The van der Waals surface area contributed by atoms with E-state index in [9.17, 15) is 24.0 Å². The predicted octanol–water partition coefficient (Wildman–Crippen LogP) is -1.89. The average molecular weight is 446 g/mol. The predicted molar refractivity (Wildman–Crippen MR) is 114 cm³/mol. The number of nitrogens with two attached hydrogens (primary N) is 2. The minimum atomic E-state index is -1.27. The molecule has 4 amide bonds. The quantitative estimate of drug-likeness (QED) is 0.197. The number of carbonyl (C=O) groups is 5. The summed E-state index contributed by atoms with van der Waals surface area (Å²) in [7, 11) is 0. The van der Waals surface area contributed by atoms with Crippen LogP contribution < -0.4 is 27.4 Å². The van der Waals surface area contributed by atoms with Gasteiger partial charge in [0.15, 0.2) is 0 Å². The molecule has 0 radical (unpaired) electrons. The van der Waals surface area contributed by atoms with Crippen LogP contribution in [0.1, 0.15) is 18.4 Å². The van der Waals surface area contributed by atoms with Gasteiger partial charge in [-0.05, 0) is 18.1 Å². The van der Waals surface area contributed by atoms with E-state index in [4.69, 9.17) is 16.6 Å². The van der Waals surface area contributed by atoms with E-state index in [0.29, 0.717) is 0 Å². The second kappa shape index (κ2) is 11.5. The lowest BCUT2D eigenvalue weighted by Crippen LogP contribution is -2.55. The van der Waals surface area contributed by atoms with Crippen LogP contribution in [0.3, 0.4) is 0 Å². The van der Waals surface area contributed by atoms with E-state index in [0.717, 1.165) is 16.5 Å². The molecular formula is C20H26N6O6. The number of carboxylic acids is 1. The molecule has 2 unspecified atom stereocenters. The number of aromatic amines is 1. The molecule has 9 N–H and O–H groups in total. The van der Waals surface area contributed by atoms with E-state index in [1.54, 1.807) is 6.20 Å². The van der Waals surface area contributed by atoms with Crippen molar-refractivity contribution in [2.75, 3.05) is 13.1 Å². The minimum absolute atomic E-state index is 0.0981. The highest BCUT2D eigenvalue weighted by Crippen LogP contribution is 2.19. The Morgan fingerprint density at radius 3 is 2.41 bits per heavy atom. The Kier molecular flexibility index (Phi) is 8.72. The molecule has 1 aromatic heterocycles. The highest BCUT2D eigenvalue weighted by molar-refractivity contribution is 5.94. The number of benzene rings is 1. The summed E-state index contributed by atoms with van der Waals surface area (Å²) in [5, 5.41) is 16.8. The molecule has 1 heterocycles. The Labute approximate surface area is 183 Å². The highest BCUT2D eigenvalue weighted by Gasteiger charge is 2.28. The topological polar surface area (TPSA) is 209 Å². The van der Waals surface area contributed by atoms with Gasteiger partial charge in [0.05, 0.1) is 6.54 Å². The maximum absolute atomic E-state index is 13.0. The van der Waals surface area contributed by atoms with Crippen molar-refractivity contribution in [3.63, 3.8) is 0 Å². The number of hydrogen-bond acceptors (Lipinski definition) is 6. The third kappa shape index (κ3) is 7.09. The standard InChI is InChI=1S/C20H26N6O6/c21-8-17(28)25-15(7-11-9-23-13-4-2-1-3-12(11)13)20(32)26-14(5-6-16(22)27)19(31)24-10-18(29)30/h1-4,9,14-15,23H,5-8,10,21H2,(H2,22,27)(H,24,31)(H,25,28)(H,26,32)(H,29,30). The second-order valence-corrected chi connectivity index (χ2v) is 7.07. The molecule has 32 heavy (non-hydrogen) atoms. The molecule has 2 atom stereocenters. The fourth-order valence-electron chi connectivity index (χ4n) is 3.10. The van der Waals surface area contributed by atoms with Gasteiger partial charge in [0.2, 0.25) is 23.6 Å². The number of H-pyrrole nitrogens is 1. The molecule has 0 saturated carbocycles. The van der Waals surface area contributed by atoms with Gasteiger partial charge in [-0.3, -0.25) is 24.0 Å². The van der Waals surface area contributed by atoms with Crippen LogP contribution in [0.25, 0.3) is 10.9 Å². The summed E-state index contributed by atoms with van der Waals surface area (Å²) in [5.74, 6) is -4.03.